The number of rotatable bonds is 8. The van der Waals surface area contributed by atoms with Crippen molar-refractivity contribution in [3.05, 3.63) is 90.3 Å². The highest BCUT2D eigenvalue weighted by Crippen LogP contribution is 2.25. The zero-order valence-corrected chi connectivity index (χ0v) is 19.9. The van der Waals surface area contributed by atoms with E-state index in [1.54, 1.807) is 13.3 Å². The molecule has 0 unspecified atom stereocenters. The summed E-state index contributed by atoms with van der Waals surface area (Å²) in [5.74, 6) is -0.428. The lowest BCUT2D eigenvalue weighted by molar-refractivity contribution is -0.139. The van der Waals surface area contributed by atoms with Crippen LogP contribution in [0.25, 0.3) is 0 Å². The third-order valence-corrected chi connectivity index (χ3v) is 6.22. The average Bonchev–Trinajstić information content (AvgIpc) is 2.93. The molecule has 1 aromatic heterocycles. The van der Waals surface area contributed by atoms with Gasteiger partial charge < -0.3 is 20.3 Å². The second-order valence-electron chi connectivity index (χ2n) is 8.40. The quantitative estimate of drug-likeness (QED) is 0.489. The topological polar surface area (TPSA) is 86.8 Å². The maximum atomic E-state index is 12.5. The monoisotopic (exact) mass is 473 g/mol. The first-order valence-electron chi connectivity index (χ1n) is 11.8. The number of ether oxygens (including phenoxy) is 1. The third-order valence-electron chi connectivity index (χ3n) is 6.22. The van der Waals surface area contributed by atoms with E-state index in [-0.39, 0.29) is 6.04 Å². The van der Waals surface area contributed by atoms with Crippen LogP contribution in [0.15, 0.2) is 79.1 Å². The molecule has 1 fully saturated rings. The molecule has 2 heterocycles. The number of pyridine rings is 1. The van der Waals surface area contributed by atoms with Crippen LogP contribution in [-0.4, -0.2) is 61.5 Å². The van der Waals surface area contributed by atoms with Gasteiger partial charge in [-0.2, -0.15) is 0 Å². The van der Waals surface area contributed by atoms with Crippen molar-refractivity contribution >= 4 is 17.5 Å². The lowest BCUT2D eigenvalue weighted by Gasteiger charge is -2.40. The predicted molar refractivity (Wildman–Crippen MR) is 135 cm³/mol. The fraction of sp³-hybridized carbons (Fsp3) is 0.296. The van der Waals surface area contributed by atoms with Gasteiger partial charge in [0.05, 0.1) is 13.2 Å². The number of piperazine rings is 1. The summed E-state index contributed by atoms with van der Waals surface area (Å²) in [6.07, 6.45) is 3.56. The normalized spacial score (nSPS) is 14.7. The Bertz CT molecular complexity index is 1080. The maximum Gasteiger partial charge on any atom is 0.309 e. The highest BCUT2D eigenvalue weighted by atomic mass is 16.5. The van der Waals surface area contributed by atoms with Crippen molar-refractivity contribution in [2.24, 2.45) is 0 Å². The minimum Gasteiger partial charge on any atom is -0.497 e. The van der Waals surface area contributed by atoms with Gasteiger partial charge in [0.1, 0.15) is 5.75 Å². The zero-order chi connectivity index (χ0) is 24.5. The van der Waals surface area contributed by atoms with E-state index in [0.29, 0.717) is 13.1 Å². The van der Waals surface area contributed by atoms with Gasteiger partial charge >= 0.3 is 11.8 Å². The van der Waals surface area contributed by atoms with Crippen LogP contribution < -0.4 is 20.3 Å². The van der Waals surface area contributed by atoms with Gasteiger partial charge in [-0.15, -0.1) is 0 Å². The second kappa shape index (κ2) is 12.0. The number of amides is 2. The Morgan fingerprint density at radius 1 is 0.914 bits per heavy atom. The molecule has 0 bridgehead atoms. The fourth-order valence-corrected chi connectivity index (χ4v) is 4.24. The van der Waals surface area contributed by atoms with Crippen molar-refractivity contribution in [1.29, 1.82) is 0 Å². The molecule has 1 atom stereocenters. The van der Waals surface area contributed by atoms with Crippen LogP contribution >= 0.6 is 0 Å². The lowest BCUT2D eigenvalue weighted by atomic mass is 10.1. The Balaban J connectivity index is 1.34. The molecule has 1 saturated heterocycles. The van der Waals surface area contributed by atoms with Crippen molar-refractivity contribution in [1.82, 2.24) is 20.5 Å². The number of hydrogen-bond donors (Lipinski definition) is 2. The van der Waals surface area contributed by atoms with Crippen molar-refractivity contribution in [2.45, 2.75) is 12.6 Å². The summed E-state index contributed by atoms with van der Waals surface area (Å²) in [5.41, 5.74) is 3.11. The van der Waals surface area contributed by atoms with Crippen LogP contribution in [0.4, 0.5) is 5.69 Å². The number of carbonyl (C=O) groups excluding carboxylic acids is 2. The van der Waals surface area contributed by atoms with Gasteiger partial charge in [0.25, 0.3) is 0 Å². The summed E-state index contributed by atoms with van der Waals surface area (Å²) in [7, 11) is 1.66. The highest BCUT2D eigenvalue weighted by Gasteiger charge is 2.26. The van der Waals surface area contributed by atoms with Gasteiger partial charge in [-0.1, -0.05) is 36.4 Å². The van der Waals surface area contributed by atoms with Gasteiger partial charge in [-0.25, -0.2) is 0 Å². The van der Waals surface area contributed by atoms with E-state index in [1.165, 1.54) is 0 Å². The van der Waals surface area contributed by atoms with Gasteiger partial charge in [0, 0.05) is 57.3 Å². The average molecular weight is 474 g/mol. The number of hydrogen-bond acceptors (Lipinski definition) is 6. The molecule has 35 heavy (non-hydrogen) atoms. The Labute approximate surface area is 205 Å². The number of aromatic nitrogens is 1. The molecular weight excluding hydrogens is 442 g/mol. The van der Waals surface area contributed by atoms with Crippen molar-refractivity contribution < 1.29 is 14.3 Å². The lowest BCUT2D eigenvalue weighted by Crippen LogP contribution is -2.50. The molecule has 0 saturated carbocycles. The van der Waals surface area contributed by atoms with E-state index in [0.717, 1.165) is 48.7 Å². The van der Waals surface area contributed by atoms with Gasteiger partial charge in [-0.3, -0.25) is 19.5 Å². The minimum atomic E-state index is -0.636. The first-order chi connectivity index (χ1) is 17.1. The van der Waals surface area contributed by atoms with Crippen molar-refractivity contribution in [2.75, 3.05) is 44.7 Å². The van der Waals surface area contributed by atoms with Crippen LogP contribution in [0, 0.1) is 0 Å². The molecular formula is C27H31N5O3. The summed E-state index contributed by atoms with van der Waals surface area (Å²) >= 11 is 0. The largest absolute Gasteiger partial charge is 0.497 e. The number of nitrogens with zero attached hydrogens (tertiary/aromatic N) is 3. The molecule has 1 aliphatic rings. The van der Waals surface area contributed by atoms with Gasteiger partial charge in [-0.05, 0) is 41.5 Å². The number of carbonyl (C=O) groups is 2. The molecule has 8 nitrogen and oxygen atoms in total. The molecule has 1 aliphatic heterocycles. The Morgan fingerprint density at radius 3 is 2.29 bits per heavy atom. The number of benzene rings is 2. The van der Waals surface area contributed by atoms with E-state index < -0.39 is 11.8 Å². The van der Waals surface area contributed by atoms with E-state index >= 15 is 0 Å². The van der Waals surface area contributed by atoms with E-state index in [9.17, 15) is 9.59 Å². The molecule has 2 aromatic carbocycles. The summed E-state index contributed by atoms with van der Waals surface area (Å²) in [5, 5.41) is 5.50. The van der Waals surface area contributed by atoms with E-state index in [2.05, 4.69) is 37.6 Å². The summed E-state index contributed by atoms with van der Waals surface area (Å²) < 4.78 is 5.26. The van der Waals surface area contributed by atoms with Gasteiger partial charge in [0.15, 0.2) is 0 Å². The maximum absolute atomic E-state index is 12.5. The van der Waals surface area contributed by atoms with Gasteiger partial charge in [0.2, 0.25) is 0 Å². The zero-order valence-electron chi connectivity index (χ0n) is 19.9. The smallest absolute Gasteiger partial charge is 0.309 e. The SMILES string of the molecule is COc1ccc(N2CCN([C@@H](CNC(=O)C(=O)NCc3ccccc3)c3cccnc3)CC2)cc1. The van der Waals surface area contributed by atoms with Crippen molar-refractivity contribution in [3.63, 3.8) is 0 Å². The summed E-state index contributed by atoms with van der Waals surface area (Å²) in [6, 6.07) is 21.4. The predicted octanol–water partition coefficient (Wildman–Crippen LogP) is 2.39. The Kier molecular flexibility index (Phi) is 8.30. The second-order valence-corrected chi connectivity index (χ2v) is 8.40. The first-order valence-corrected chi connectivity index (χ1v) is 11.8. The molecule has 2 N–H and O–H groups in total. The van der Waals surface area contributed by atoms with Crippen molar-refractivity contribution in [3.8, 4) is 5.75 Å². The molecule has 0 spiro atoms. The summed E-state index contributed by atoms with van der Waals surface area (Å²) in [6.45, 7) is 3.99. The van der Waals surface area contributed by atoms with Crippen LogP contribution in [0.5, 0.6) is 5.75 Å². The standard InChI is InChI=1S/C27H31N5O3/c1-35-24-11-9-23(10-12-24)31-14-16-32(17-15-31)25(22-8-5-13-28-19-22)20-30-27(34)26(33)29-18-21-6-3-2-4-7-21/h2-13,19,25H,14-18,20H2,1H3,(H,29,33)(H,30,34)/t25-/m0/s1. The van der Waals surface area contributed by atoms with Crippen LogP contribution in [-0.2, 0) is 16.1 Å². The molecule has 4 rings (SSSR count). The Hall–Kier alpha value is -3.91. The molecule has 0 aliphatic carbocycles. The van der Waals surface area contributed by atoms with Crippen LogP contribution in [0.3, 0.4) is 0 Å². The van der Waals surface area contributed by atoms with E-state index in [4.69, 9.17) is 4.74 Å². The number of anilines is 1. The molecule has 2 amide bonds. The Morgan fingerprint density at radius 2 is 1.63 bits per heavy atom. The summed E-state index contributed by atoms with van der Waals surface area (Å²) in [4.78, 5) is 33.8. The fourth-order valence-electron chi connectivity index (χ4n) is 4.24. The molecule has 182 valence electrons. The molecule has 3 aromatic rings. The third kappa shape index (κ3) is 6.58. The van der Waals surface area contributed by atoms with E-state index in [1.807, 2.05) is 60.8 Å². The number of methoxy groups -OCH3 is 1. The minimum absolute atomic E-state index is 0.0763. The highest BCUT2D eigenvalue weighted by molar-refractivity contribution is 6.35. The van der Waals surface area contributed by atoms with Crippen LogP contribution in [0.1, 0.15) is 17.2 Å². The molecule has 8 heteroatoms. The molecule has 0 radical (unpaired) electrons. The van der Waals surface area contributed by atoms with Crippen LogP contribution in [0.2, 0.25) is 0 Å². The first kappa shape index (κ1) is 24.2. The number of nitrogens with one attached hydrogen (secondary N) is 2.